The molecule has 0 aliphatic carbocycles. The van der Waals surface area contributed by atoms with Gasteiger partial charge in [0.25, 0.3) is 0 Å². The first-order chi connectivity index (χ1) is 21.5. The number of aryl methyl sites for hydroxylation is 1. The Bertz CT molecular complexity index is 1980. The van der Waals surface area contributed by atoms with Crippen molar-refractivity contribution in [1.82, 2.24) is 14.5 Å². The van der Waals surface area contributed by atoms with Crippen LogP contribution in [-0.4, -0.2) is 38.8 Å². The number of fused-ring (bicyclic) bond motifs is 1. The molecule has 0 radical (unpaired) electrons. The van der Waals surface area contributed by atoms with E-state index in [4.69, 9.17) is 31.3 Å². The van der Waals surface area contributed by atoms with Gasteiger partial charge in [-0.05, 0) is 60.0 Å². The predicted molar refractivity (Wildman–Crippen MR) is 168 cm³/mol. The number of pyridine rings is 1. The lowest BCUT2D eigenvalue weighted by Crippen LogP contribution is -2.27. The molecule has 45 heavy (non-hydrogen) atoms. The van der Waals surface area contributed by atoms with Crippen molar-refractivity contribution in [2.45, 2.75) is 39.8 Å². The summed E-state index contributed by atoms with van der Waals surface area (Å²) in [6, 6.07) is 21.0. The van der Waals surface area contributed by atoms with Crippen LogP contribution in [0.5, 0.6) is 5.88 Å². The Kier molecular flexibility index (Phi) is 8.04. The van der Waals surface area contributed by atoms with Gasteiger partial charge in [0, 0.05) is 28.5 Å². The number of carboxylic acid groups (broad SMARTS) is 1. The third-order valence-electron chi connectivity index (χ3n) is 8.24. The molecule has 8 nitrogen and oxygen atoms in total. The molecular formula is C35H30ClFN4O4. The molecular weight excluding hydrogens is 595 g/mol. The topological polar surface area (TPSA) is 110 Å². The Morgan fingerprint density at radius 3 is 2.64 bits per heavy atom. The normalized spacial score (nSPS) is 15.7. The Labute approximate surface area is 264 Å². The van der Waals surface area contributed by atoms with Crippen LogP contribution in [0.1, 0.15) is 58.3 Å². The molecule has 0 spiro atoms. The molecule has 1 N–H and O–H groups in total. The highest BCUT2D eigenvalue weighted by atomic mass is 35.5. The van der Waals surface area contributed by atoms with E-state index in [1.54, 1.807) is 18.2 Å². The van der Waals surface area contributed by atoms with Gasteiger partial charge in [-0.25, -0.2) is 19.2 Å². The minimum atomic E-state index is -1.21. The van der Waals surface area contributed by atoms with E-state index in [-0.39, 0.29) is 22.5 Å². The first-order valence-corrected chi connectivity index (χ1v) is 14.8. The van der Waals surface area contributed by atoms with Crippen molar-refractivity contribution >= 4 is 28.6 Å². The summed E-state index contributed by atoms with van der Waals surface area (Å²) in [5.41, 5.74) is 4.85. The number of hydrogen-bond donors (Lipinski definition) is 1. The van der Waals surface area contributed by atoms with Gasteiger partial charge in [-0.3, -0.25) is 0 Å². The smallest absolute Gasteiger partial charge is 0.335 e. The Morgan fingerprint density at radius 2 is 1.96 bits per heavy atom. The zero-order chi connectivity index (χ0) is 31.9. The molecule has 2 aromatic heterocycles. The summed E-state index contributed by atoms with van der Waals surface area (Å²) in [5.74, 6) is -0.875. The number of nitrogens with zero attached hydrogens (tertiary/aromatic N) is 4. The van der Waals surface area contributed by atoms with Crippen LogP contribution in [0.25, 0.3) is 22.3 Å². The minimum absolute atomic E-state index is 0.115. The van der Waals surface area contributed by atoms with Gasteiger partial charge < -0.3 is 19.1 Å². The molecule has 5 aromatic rings. The maximum absolute atomic E-state index is 15.2. The number of hydrogen-bond acceptors (Lipinski definition) is 6. The standard InChI is InChI=1S/C35H30ClFN4O4/c1-20-11-23(26(36)15-25(20)28-5-4-6-32(39-28)45-17-22-9-7-21(16-38)8-10-22)14-31-40-33-27(37)12-24(34(42)43)13-29(33)41(31)30-18-44-19-35(30,2)3/h4-13,15,30H,14,17-19H2,1-3H3,(H,42,43)/t30-/m1/s1. The van der Waals surface area contributed by atoms with Gasteiger partial charge in [-0.2, -0.15) is 5.26 Å². The van der Waals surface area contributed by atoms with Crippen molar-refractivity contribution in [3.8, 4) is 23.2 Å². The van der Waals surface area contributed by atoms with Crippen molar-refractivity contribution in [2.75, 3.05) is 13.2 Å². The quantitative estimate of drug-likeness (QED) is 0.190. The van der Waals surface area contributed by atoms with Crippen LogP contribution in [0, 0.1) is 29.5 Å². The van der Waals surface area contributed by atoms with Gasteiger partial charge in [-0.1, -0.05) is 49.7 Å². The third-order valence-corrected chi connectivity index (χ3v) is 8.60. The number of ether oxygens (including phenoxy) is 2. The highest BCUT2D eigenvalue weighted by Gasteiger charge is 2.39. The van der Waals surface area contributed by atoms with Crippen LogP contribution in [0.2, 0.25) is 5.02 Å². The van der Waals surface area contributed by atoms with Gasteiger partial charge in [0.05, 0.1) is 47.7 Å². The van der Waals surface area contributed by atoms with Crippen molar-refractivity contribution in [3.05, 3.63) is 111 Å². The number of aromatic carboxylic acids is 1. The molecule has 1 saturated heterocycles. The van der Waals surface area contributed by atoms with Crippen molar-refractivity contribution in [3.63, 3.8) is 0 Å². The Hall–Kier alpha value is -4.78. The zero-order valence-corrected chi connectivity index (χ0v) is 25.7. The van der Waals surface area contributed by atoms with Crippen molar-refractivity contribution in [1.29, 1.82) is 5.26 Å². The second-order valence-corrected chi connectivity index (χ2v) is 12.3. The van der Waals surface area contributed by atoms with E-state index in [2.05, 4.69) is 24.9 Å². The van der Waals surface area contributed by atoms with Gasteiger partial charge in [-0.15, -0.1) is 0 Å². The molecule has 3 aromatic carbocycles. The molecule has 0 bridgehead atoms. The first-order valence-electron chi connectivity index (χ1n) is 14.4. The van der Waals surface area contributed by atoms with Crippen LogP contribution in [0.15, 0.2) is 66.7 Å². The second kappa shape index (κ2) is 12.0. The molecule has 1 aliphatic heterocycles. The predicted octanol–water partition coefficient (Wildman–Crippen LogP) is 7.54. The average Bonchev–Trinajstić information content (AvgIpc) is 3.56. The molecule has 10 heteroatoms. The minimum Gasteiger partial charge on any atom is -0.478 e. The molecule has 1 atom stereocenters. The number of halogens is 2. The first kappa shape index (κ1) is 30.3. The van der Waals surface area contributed by atoms with Gasteiger partial charge >= 0.3 is 5.97 Å². The number of nitriles is 1. The lowest BCUT2D eigenvalue weighted by Gasteiger charge is -2.28. The molecule has 0 amide bonds. The molecule has 1 fully saturated rings. The number of carboxylic acids is 1. The number of rotatable bonds is 8. The summed E-state index contributed by atoms with van der Waals surface area (Å²) in [6.07, 6.45) is 0.296. The summed E-state index contributed by atoms with van der Waals surface area (Å²) in [7, 11) is 0. The van der Waals surface area contributed by atoms with E-state index in [9.17, 15) is 9.90 Å². The molecule has 228 valence electrons. The Morgan fingerprint density at radius 1 is 1.18 bits per heavy atom. The van der Waals surface area contributed by atoms with E-state index < -0.39 is 11.8 Å². The van der Waals surface area contributed by atoms with Gasteiger partial charge in [0.1, 0.15) is 17.9 Å². The van der Waals surface area contributed by atoms with Crippen LogP contribution < -0.4 is 4.74 Å². The molecule has 6 rings (SSSR count). The third kappa shape index (κ3) is 5.99. The van der Waals surface area contributed by atoms with Crippen molar-refractivity contribution in [2.24, 2.45) is 5.41 Å². The molecule has 0 saturated carbocycles. The highest BCUT2D eigenvalue weighted by Crippen LogP contribution is 2.41. The van der Waals surface area contributed by atoms with Crippen LogP contribution >= 0.6 is 11.6 Å². The summed E-state index contributed by atoms with van der Waals surface area (Å²) in [5, 5.41) is 19.1. The van der Waals surface area contributed by atoms with E-state index >= 15 is 4.39 Å². The van der Waals surface area contributed by atoms with Crippen molar-refractivity contribution < 1.29 is 23.8 Å². The number of benzene rings is 3. The summed E-state index contributed by atoms with van der Waals surface area (Å²) in [4.78, 5) is 21.1. The van der Waals surface area contributed by atoms with Crippen LogP contribution in [0.4, 0.5) is 4.39 Å². The van der Waals surface area contributed by atoms with Crippen LogP contribution in [-0.2, 0) is 17.8 Å². The molecule has 0 unspecified atom stereocenters. The lowest BCUT2D eigenvalue weighted by atomic mass is 9.87. The largest absolute Gasteiger partial charge is 0.478 e. The summed E-state index contributed by atoms with van der Waals surface area (Å²) in [6.45, 7) is 7.31. The SMILES string of the molecule is Cc1cc(Cc2nc3c(F)cc(C(=O)O)cc3n2[C@@H]2COCC2(C)C)c(Cl)cc1-c1cccc(OCc2ccc(C#N)cc2)n1. The second-order valence-electron chi connectivity index (χ2n) is 11.9. The summed E-state index contributed by atoms with van der Waals surface area (Å²) >= 11 is 6.88. The molecule has 1 aliphatic rings. The number of aromatic nitrogens is 3. The van der Waals surface area contributed by atoms with Gasteiger partial charge in [0.2, 0.25) is 5.88 Å². The lowest BCUT2D eigenvalue weighted by molar-refractivity contribution is 0.0696. The number of carbonyl (C=O) groups is 1. The fourth-order valence-corrected chi connectivity index (χ4v) is 6.01. The van der Waals surface area contributed by atoms with E-state index in [0.717, 1.165) is 28.3 Å². The highest BCUT2D eigenvalue weighted by molar-refractivity contribution is 6.31. The zero-order valence-electron chi connectivity index (χ0n) is 25.0. The van der Waals surface area contributed by atoms with E-state index in [1.807, 2.05) is 47.9 Å². The monoisotopic (exact) mass is 624 g/mol. The fraction of sp³-hybridized carbons (Fsp3) is 0.257. The summed E-state index contributed by atoms with van der Waals surface area (Å²) < 4.78 is 28.9. The fourth-order valence-electron chi connectivity index (χ4n) is 5.78. The maximum Gasteiger partial charge on any atom is 0.335 e. The van der Waals surface area contributed by atoms with Gasteiger partial charge in [0.15, 0.2) is 5.82 Å². The maximum atomic E-state index is 15.2. The molecule has 3 heterocycles. The average molecular weight is 625 g/mol. The Balaban J connectivity index is 1.32. The van der Waals surface area contributed by atoms with E-state index in [0.29, 0.717) is 59.7 Å². The van der Waals surface area contributed by atoms with Crippen LogP contribution in [0.3, 0.4) is 0 Å². The van der Waals surface area contributed by atoms with E-state index in [1.165, 1.54) is 6.07 Å². The number of imidazole rings is 1.